The van der Waals surface area contributed by atoms with Crippen LogP contribution >= 0.6 is 11.3 Å². The number of thiophene rings is 1. The zero-order valence-electron chi connectivity index (χ0n) is 19.9. The van der Waals surface area contributed by atoms with Gasteiger partial charge in [-0.05, 0) is 32.0 Å². The summed E-state index contributed by atoms with van der Waals surface area (Å²) in [5, 5.41) is 25.0. The number of hydrogen-bond acceptors (Lipinski definition) is 8. The Hall–Kier alpha value is -2.76. The Morgan fingerprint density at radius 3 is 2.19 bits per heavy atom. The highest BCUT2D eigenvalue weighted by atomic mass is 32.1. The van der Waals surface area contributed by atoms with Gasteiger partial charge in [0, 0.05) is 37.6 Å². The third kappa shape index (κ3) is 12.9. The molecular weight excluding hydrogens is 536 g/mol. The smallest absolute Gasteiger partial charge is 0.475 e. The molecule has 0 aliphatic carbocycles. The van der Waals surface area contributed by atoms with Crippen molar-refractivity contribution in [1.82, 2.24) is 24.8 Å². The van der Waals surface area contributed by atoms with E-state index < -0.39 is 24.3 Å². The topological polar surface area (TPSA) is 121 Å². The molecule has 2 N–H and O–H groups in total. The SMILES string of the molecule is CN(C)CCOCc1nnn2c1CN(Cc1cccs1)CCC2.O=C(O)C(F)(F)F.O=C(O)C(F)(F)F. The van der Waals surface area contributed by atoms with Gasteiger partial charge >= 0.3 is 24.3 Å². The molecule has 2 aromatic rings. The highest BCUT2D eigenvalue weighted by molar-refractivity contribution is 7.09. The van der Waals surface area contributed by atoms with E-state index in [2.05, 4.69) is 56.4 Å². The fraction of sp³-hybridized carbons (Fsp3) is 0.600. The van der Waals surface area contributed by atoms with Gasteiger partial charge in [0.2, 0.25) is 0 Å². The van der Waals surface area contributed by atoms with Crippen molar-refractivity contribution < 1.29 is 50.9 Å². The van der Waals surface area contributed by atoms with E-state index in [1.54, 1.807) is 0 Å². The predicted molar refractivity (Wildman–Crippen MR) is 119 cm³/mol. The predicted octanol–water partition coefficient (Wildman–Crippen LogP) is 3.09. The summed E-state index contributed by atoms with van der Waals surface area (Å²) in [6, 6.07) is 4.32. The highest BCUT2D eigenvalue weighted by Crippen LogP contribution is 2.19. The second-order valence-corrected chi connectivity index (χ2v) is 8.84. The molecule has 10 nitrogen and oxygen atoms in total. The second-order valence-electron chi connectivity index (χ2n) is 7.81. The van der Waals surface area contributed by atoms with Crippen LogP contribution in [-0.2, 0) is 40.6 Å². The number of aliphatic carboxylic acids is 2. The van der Waals surface area contributed by atoms with Gasteiger partial charge in [0.1, 0.15) is 5.69 Å². The van der Waals surface area contributed by atoms with Crippen LogP contribution in [0.4, 0.5) is 26.3 Å². The van der Waals surface area contributed by atoms with Gasteiger partial charge in [0.05, 0.1) is 18.9 Å². The molecule has 0 spiro atoms. The van der Waals surface area contributed by atoms with E-state index in [-0.39, 0.29) is 0 Å². The Morgan fingerprint density at radius 2 is 1.70 bits per heavy atom. The van der Waals surface area contributed by atoms with E-state index in [0.29, 0.717) is 6.61 Å². The van der Waals surface area contributed by atoms with Crippen LogP contribution < -0.4 is 0 Å². The number of carboxylic acid groups (broad SMARTS) is 2. The van der Waals surface area contributed by atoms with Crippen LogP contribution in [0.5, 0.6) is 0 Å². The van der Waals surface area contributed by atoms with E-state index in [0.717, 1.165) is 51.4 Å². The van der Waals surface area contributed by atoms with Crippen molar-refractivity contribution in [2.75, 3.05) is 33.8 Å². The van der Waals surface area contributed by atoms with Crippen LogP contribution in [0.2, 0.25) is 0 Å². The Kier molecular flexibility index (Phi) is 12.9. The minimum absolute atomic E-state index is 0.552. The van der Waals surface area contributed by atoms with Crippen molar-refractivity contribution >= 4 is 23.3 Å². The third-order valence-electron chi connectivity index (χ3n) is 4.50. The molecule has 0 atom stereocenters. The third-order valence-corrected chi connectivity index (χ3v) is 5.36. The number of rotatable bonds is 7. The van der Waals surface area contributed by atoms with Crippen LogP contribution in [-0.4, -0.2) is 93.1 Å². The lowest BCUT2D eigenvalue weighted by Gasteiger charge is -2.19. The van der Waals surface area contributed by atoms with E-state index >= 15 is 0 Å². The van der Waals surface area contributed by atoms with Gasteiger partial charge in [-0.25, -0.2) is 14.3 Å². The molecule has 0 saturated heterocycles. The number of likely N-dealkylation sites (N-methyl/N-ethyl adjacent to an activating group) is 1. The van der Waals surface area contributed by atoms with Gasteiger partial charge in [0.25, 0.3) is 0 Å². The molecule has 0 fully saturated rings. The largest absolute Gasteiger partial charge is 0.490 e. The van der Waals surface area contributed by atoms with E-state index in [4.69, 9.17) is 24.5 Å². The monoisotopic (exact) mass is 563 g/mol. The average Bonchev–Trinajstić information content (AvgIpc) is 3.36. The van der Waals surface area contributed by atoms with Gasteiger partial charge < -0.3 is 19.8 Å². The number of alkyl halides is 6. The molecule has 3 heterocycles. The molecule has 0 amide bonds. The van der Waals surface area contributed by atoms with E-state index in [9.17, 15) is 26.3 Å². The summed E-state index contributed by atoms with van der Waals surface area (Å²) in [6.45, 7) is 6.15. The Morgan fingerprint density at radius 1 is 1.11 bits per heavy atom. The van der Waals surface area contributed by atoms with Crippen LogP contribution in [0.15, 0.2) is 17.5 Å². The van der Waals surface area contributed by atoms with Gasteiger partial charge in [0.15, 0.2) is 0 Å². The Bertz CT molecular complexity index is 942. The molecule has 1 aliphatic heterocycles. The molecule has 37 heavy (non-hydrogen) atoms. The fourth-order valence-corrected chi connectivity index (χ4v) is 3.49. The molecule has 2 aromatic heterocycles. The number of hydrogen-bond donors (Lipinski definition) is 2. The summed E-state index contributed by atoms with van der Waals surface area (Å²) in [7, 11) is 4.10. The number of carbonyl (C=O) groups is 2. The van der Waals surface area contributed by atoms with Crippen molar-refractivity contribution in [1.29, 1.82) is 0 Å². The summed E-state index contributed by atoms with van der Waals surface area (Å²) in [4.78, 5) is 23.8. The number of fused-ring (bicyclic) bond motifs is 1. The van der Waals surface area contributed by atoms with Crippen LogP contribution in [0, 0.1) is 0 Å². The summed E-state index contributed by atoms with van der Waals surface area (Å²) >= 11 is 1.82. The van der Waals surface area contributed by atoms with Crippen LogP contribution in [0.3, 0.4) is 0 Å². The molecule has 0 unspecified atom stereocenters. The molecular formula is C20H27F6N5O5S. The maximum atomic E-state index is 10.6. The minimum atomic E-state index is -5.08. The first-order valence-corrected chi connectivity index (χ1v) is 11.5. The first kappa shape index (κ1) is 32.3. The standard InChI is InChI=1S/C16H25N5OS.2C2HF3O2/c1-19(2)8-9-22-13-15-16-12-20(11-14-5-3-10-23-14)6-4-7-21(16)18-17-15;2*3-2(4,5)1(6)7/h3,5,10H,4,6-9,11-13H2,1-2H3;2*(H,6,7). The van der Waals surface area contributed by atoms with Gasteiger partial charge in [-0.1, -0.05) is 11.3 Å². The van der Waals surface area contributed by atoms with Crippen molar-refractivity contribution in [2.24, 2.45) is 0 Å². The maximum absolute atomic E-state index is 10.6. The average molecular weight is 564 g/mol. The quantitative estimate of drug-likeness (QED) is 0.387. The minimum Gasteiger partial charge on any atom is -0.475 e. The normalized spacial score (nSPS) is 14.1. The summed E-state index contributed by atoms with van der Waals surface area (Å²) in [5.74, 6) is -5.51. The van der Waals surface area contributed by atoms with Crippen molar-refractivity contribution in [3.05, 3.63) is 33.8 Å². The number of ether oxygens (including phenoxy) is 1. The van der Waals surface area contributed by atoms with Gasteiger partial charge in [-0.2, -0.15) is 26.3 Å². The molecule has 0 radical (unpaired) electrons. The molecule has 0 saturated carbocycles. The summed E-state index contributed by atoms with van der Waals surface area (Å²) < 4.78 is 71.3. The lowest BCUT2D eigenvalue weighted by atomic mass is 10.3. The molecule has 17 heteroatoms. The first-order chi connectivity index (χ1) is 17.1. The first-order valence-electron chi connectivity index (χ1n) is 10.6. The zero-order chi connectivity index (χ0) is 28.2. The molecule has 210 valence electrons. The van der Waals surface area contributed by atoms with Gasteiger partial charge in [-0.3, -0.25) is 4.90 Å². The number of nitrogens with zero attached hydrogens (tertiary/aromatic N) is 5. The highest BCUT2D eigenvalue weighted by Gasteiger charge is 2.38. The summed E-state index contributed by atoms with van der Waals surface area (Å²) in [5.41, 5.74) is 2.20. The zero-order valence-corrected chi connectivity index (χ0v) is 20.7. The summed E-state index contributed by atoms with van der Waals surface area (Å²) in [6.07, 6.45) is -9.05. The second kappa shape index (κ2) is 14.8. The van der Waals surface area contributed by atoms with Gasteiger partial charge in [-0.15, -0.1) is 16.4 Å². The lowest BCUT2D eigenvalue weighted by Crippen LogP contribution is -2.23. The lowest BCUT2D eigenvalue weighted by molar-refractivity contribution is -0.193. The van der Waals surface area contributed by atoms with Crippen molar-refractivity contribution in [2.45, 2.75) is 45.0 Å². The van der Waals surface area contributed by atoms with E-state index in [1.165, 1.54) is 10.6 Å². The number of aryl methyl sites for hydroxylation is 1. The fourth-order valence-electron chi connectivity index (χ4n) is 2.74. The Labute approximate surface area is 212 Å². The van der Waals surface area contributed by atoms with Crippen molar-refractivity contribution in [3.63, 3.8) is 0 Å². The van der Waals surface area contributed by atoms with Crippen LogP contribution in [0.25, 0.3) is 0 Å². The van der Waals surface area contributed by atoms with Crippen molar-refractivity contribution in [3.8, 4) is 0 Å². The Balaban J connectivity index is 0.000000404. The molecule has 0 aromatic carbocycles. The molecule has 0 bridgehead atoms. The maximum Gasteiger partial charge on any atom is 0.490 e. The van der Waals surface area contributed by atoms with Crippen LogP contribution in [0.1, 0.15) is 22.7 Å². The number of halogens is 6. The number of carboxylic acids is 2. The van der Waals surface area contributed by atoms with E-state index in [1.807, 2.05) is 11.3 Å². The molecule has 1 aliphatic rings. The number of aromatic nitrogens is 3. The molecule has 3 rings (SSSR count).